The zero-order valence-corrected chi connectivity index (χ0v) is 11.2. The summed E-state index contributed by atoms with van der Waals surface area (Å²) in [6, 6.07) is 8.49. The van der Waals surface area contributed by atoms with Crippen LogP contribution in [-0.2, 0) is 0 Å². The highest BCUT2D eigenvalue weighted by Gasteiger charge is 2.09. The Morgan fingerprint density at radius 2 is 1.75 bits per heavy atom. The fraction of sp³-hybridized carbons (Fsp3) is 0.133. The maximum atomic E-state index is 12.0. The van der Waals surface area contributed by atoms with Crippen molar-refractivity contribution in [1.82, 2.24) is 4.98 Å². The van der Waals surface area contributed by atoms with Crippen molar-refractivity contribution in [2.24, 2.45) is 0 Å². The van der Waals surface area contributed by atoms with Crippen LogP contribution in [0.4, 0.5) is 5.69 Å². The number of carbonyl (C=O) groups is 2. The molecule has 5 heteroatoms. The lowest BCUT2D eigenvalue weighted by atomic mass is 10.1. The Morgan fingerprint density at radius 3 is 2.25 bits per heavy atom. The number of nitrogens with zero attached hydrogens (tertiary/aromatic N) is 1. The van der Waals surface area contributed by atoms with E-state index in [1.807, 2.05) is 32.0 Å². The van der Waals surface area contributed by atoms with E-state index in [1.54, 1.807) is 0 Å². The van der Waals surface area contributed by atoms with Crippen molar-refractivity contribution in [3.05, 3.63) is 58.9 Å². The summed E-state index contributed by atoms with van der Waals surface area (Å²) in [5, 5.41) is 11.5. The number of rotatable bonds is 3. The second-order valence-electron chi connectivity index (χ2n) is 4.57. The molecule has 0 aliphatic rings. The van der Waals surface area contributed by atoms with Crippen LogP contribution in [0.5, 0.6) is 0 Å². The first kappa shape index (κ1) is 13.7. The molecule has 2 aromatic rings. The topological polar surface area (TPSA) is 79.3 Å². The minimum atomic E-state index is -1.12. The maximum Gasteiger partial charge on any atom is 0.354 e. The molecular weight excluding hydrogens is 256 g/mol. The fourth-order valence-electron chi connectivity index (χ4n) is 1.90. The summed E-state index contributed by atoms with van der Waals surface area (Å²) in [6.07, 6.45) is 1.25. The molecule has 0 unspecified atom stereocenters. The van der Waals surface area contributed by atoms with E-state index < -0.39 is 5.97 Å². The number of amides is 1. The highest BCUT2D eigenvalue weighted by Crippen LogP contribution is 2.15. The van der Waals surface area contributed by atoms with Gasteiger partial charge < -0.3 is 10.4 Å². The summed E-state index contributed by atoms with van der Waals surface area (Å²) in [7, 11) is 0. The average molecular weight is 270 g/mol. The summed E-state index contributed by atoms with van der Waals surface area (Å²) in [4.78, 5) is 26.4. The van der Waals surface area contributed by atoms with E-state index in [-0.39, 0.29) is 11.6 Å². The molecule has 2 N–H and O–H groups in total. The van der Waals surface area contributed by atoms with Crippen LogP contribution in [0.15, 0.2) is 36.5 Å². The third-order valence-corrected chi connectivity index (χ3v) is 2.72. The lowest BCUT2D eigenvalue weighted by Gasteiger charge is -2.07. The van der Waals surface area contributed by atoms with Crippen molar-refractivity contribution >= 4 is 17.6 Å². The summed E-state index contributed by atoms with van der Waals surface area (Å²) >= 11 is 0. The van der Waals surface area contributed by atoms with Gasteiger partial charge in [-0.2, -0.15) is 0 Å². The first-order valence-corrected chi connectivity index (χ1v) is 6.05. The normalized spacial score (nSPS) is 10.1. The number of carbonyl (C=O) groups excluding carboxylic acids is 1. The minimum absolute atomic E-state index is 0.0899. The molecule has 0 aliphatic heterocycles. The summed E-state index contributed by atoms with van der Waals surface area (Å²) in [6.45, 7) is 3.90. The Kier molecular flexibility index (Phi) is 3.79. The molecule has 1 aromatic heterocycles. The van der Waals surface area contributed by atoms with Crippen LogP contribution in [0, 0.1) is 13.8 Å². The molecule has 5 nitrogen and oxygen atoms in total. The molecule has 102 valence electrons. The quantitative estimate of drug-likeness (QED) is 0.898. The summed E-state index contributed by atoms with van der Waals surface area (Å²) < 4.78 is 0. The molecule has 20 heavy (non-hydrogen) atoms. The van der Waals surface area contributed by atoms with E-state index in [0.717, 1.165) is 11.1 Å². The Morgan fingerprint density at radius 1 is 1.10 bits per heavy atom. The Bertz CT molecular complexity index is 643. The molecule has 2 rings (SSSR count). The molecule has 0 fully saturated rings. The van der Waals surface area contributed by atoms with Crippen LogP contribution < -0.4 is 5.32 Å². The average Bonchev–Trinajstić information content (AvgIpc) is 2.37. The van der Waals surface area contributed by atoms with Crippen molar-refractivity contribution in [3.63, 3.8) is 0 Å². The largest absolute Gasteiger partial charge is 0.477 e. The van der Waals surface area contributed by atoms with Crippen LogP contribution in [-0.4, -0.2) is 22.0 Å². The number of anilines is 1. The molecule has 0 radical (unpaired) electrons. The molecule has 0 aliphatic carbocycles. The van der Waals surface area contributed by atoms with E-state index in [0.29, 0.717) is 11.3 Å². The van der Waals surface area contributed by atoms with Gasteiger partial charge in [-0.25, -0.2) is 9.78 Å². The van der Waals surface area contributed by atoms with E-state index in [2.05, 4.69) is 10.3 Å². The first-order chi connectivity index (χ1) is 9.45. The van der Waals surface area contributed by atoms with Crippen molar-refractivity contribution in [3.8, 4) is 0 Å². The second kappa shape index (κ2) is 5.52. The van der Waals surface area contributed by atoms with Gasteiger partial charge in [0.1, 0.15) is 5.69 Å². The molecular formula is C15H14N2O3. The number of aryl methyl sites for hydroxylation is 2. The first-order valence-electron chi connectivity index (χ1n) is 6.05. The third-order valence-electron chi connectivity index (χ3n) is 2.72. The Hall–Kier alpha value is -2.69. The number of aromatic carboxylic acids is 1. The molecule has 0 atom stereocenters. The lowest BCUT2D eigenvalue weighted by Crippen LogP contribution is -2.13. The van der Waals surface area contributed by atoms with Gasteiger partial charge in [0.05, 0.1) is 5.56 Å². The van der Waals surface area contributed by atoms with Gasteiger partial charge in [-0.1, -0.05) is 6.07 Å². The van der Waals surface area contributed by atoms with Crippen LogP contribution in [0.3, 0.4) is 0 Å². The molecule has 0 spiro atoms. The second-order valence-corrected chi connectivity index (χ2v) is 4.57. The highest BCUT2D eigenvalue weighted by atomic mass is 16.4. The molecule has 0 bridgehead atoms. The SMILES string of the molecule is Cc1cc(C)cc(NC(=O)c2ccc(C(=O)O)nc2)c1. The zero-order valence-electron chi connectivity index (χ0n) is 11.2. The highest BCUT2D eigenvalue weighted by molar-refractivity contribution is 6.04. The standard InChI is InChI=1S/C15H14N2O3/c1-9-5-10(2)7-12(6-9)17-14(18)11-3-4-13(15(19)20)16-8-11/h3-8H,1-2H3,(H,17,18)(H,19,20). The van der Waals surface area contributed by atoms with Crippen LogP contribution in [0.2, 0.25) is 0 Å². The van der Waals surface area contributed by atoms with Gasteiger partial charge in [0, 0.05) is 11.9 Å². The number of carboxylic acid groups (broad SMARTS) is 1. The number of benzene rings is 1. The fourth-order valence-corrected chi connectivity index (χ4v) is 1.90. The van der Waals surface area contributed by atoms with E-state index in [9.17, 15) is 9.59 Å². The van der Waals surface area contributed by atoms with Gasteiger partial charge >= 0.3 is 5.97 Å². The maximum absolute atomic E-state index is 12.0. The van der Waals surface area contributed by atoms with E-state index in [1.165, 1.54) is 18.3 Å². The van der Waals surface area contributed by atoms with Gasteiger partial charge in [-0.15, -0.1) is 0 Å². The molecule has 1 amide bonds. The van der Waals surface area contributed by atoms with Crippen molar-refractivity contribution < 1.29 is 14.7 Å². The monoisotopic (exact) mass is 270 g/mol. The van der Waals surface area contributed by atoms with Crippen molar-refractivity contribution in [2.45, 2.75) is 13.8 Å². The predicted molar refractivity (Wildman–Crippen MR) is 75.1 cm³/mol. The number of nitrogens with one attached hydrogen (secondary N) is 1. The van der Waals surface area contributed by atoms with E-state index >= 15 is 0 Å². The van der Waals surface area contributed by atoms with Gasteiger partial charge in [0.25, 0.3) is 5.91 Å². The number of carboxylic acids is 1. The summed E-state index contributed by atoms with van der Waals surface area (Å²) in [5.41, 5.74) is 3.04. The number of aromatic nitrogens is 1. The molecule has 0 saturated carbocycles. The Balaban J connectivity index is 2.17. The minimum Gasteiger partial charge on any atom is -0.477 e. The van der Waals surface area contributed by atoms with Gasteiger partial charge in [-0.3, -0.25) is 4.79 Å². The Labute approximate surface area is 116 Å². The van der Waals surface area contributed by atoms with Crippen molar-refractivity contribution in [1.29, 1.82) is 0 Å². The molecule has 0 saturated heterocycles. The zero-order chi connectivity index (χ0) is 14.7. The lowest BCUT2D eigenvalue weighted by molar-refractivity contribution is 0.0690. The summed E-state index contributed by atoms with van der Waals surface area (Å²) in [5.74, 6) is -1.44. The molecule has 1 aromatic carbocycles. The van der Waals surface area contributed by atoms with Gasteiger partial charge in [0.15, 0.2) is 0 Å². The van der Waals surface area contributed by atoms with E-state index in [4.69, 9.17) is 5.11 Å². The van der Waals surface area contributed by atoms with Crippen molar-refractivity contribution in [2.75, 3.05) is 5.32 Å². The van der Waals surface area contributed by atoms with Gasteiger partial charge in [0.2, 0.25) is 0 Å². The smallest absolute Gasteiger partial charge is 0.354 e. The third kappa shape index (κ3) is 3.20. The number of hydrogen-bond acceptors (Lipinski definition) is 3. The van der Waals surface area contributed by atoms with Crippen LogP contribution in [0.25, 0.3) is 0 Å². The predicted octanol–water partition coefficient (Wildman–Crippen LogP) is 2.65. The van der Waals surface area contributed by atoms with Gasteiger partial charge in [-0.05, 0) is 49.2 Å². The number of pyridine rings is 1. The van der Waals surface area contributed by atoms with Crippen LogP contribution in [0.1, 0.15) is 32.0 Å². The molecule has 1 heterocycles. The van der Waals surface area contributed by atoms with Crippen LogP contribution >= 0.6 is 0 Å². The number of hydrogen-bond donors (Lipinski definition) is 2.